The van der Waals surface area contributed by atoms with Gasteiger partial charge in [-0.15, -0.1) is 0 Å². The normalized spacial score (nSPS) is 21.4. The molecule has 1 aliphatic heterocycles. The molecule has 1 aliphatic carbocycles. The number of hydrogen-bond acceptors (Lipinski definition) is 5. The number of quaternary nitrogens is 1. The van der Waals surface area contributed by atoms with Crippen molar-refractivity contribution >= 4 is 27.7 Å². The molecule has 2 N–H and O–H groups in total. The molecule has 1 aromatic rings. The molecule has 2 aliphatic rings. The van der Waals surface area contributed by atoms with Crippen LogP contribution in [0.5, 0.6) is 0 Å². The molecule has 9 heteroatoms. The lowest BCUT2D eigenvalue weighted by Crippen LogP contribution is -3.12. The predicted molar refractivity (Wildman–Crippen MR) is 110 cm³/mol. The highest BCUT2D eigenvalue weighted by Crippen LogP contribution is 2.24. The largest absolute Gasteiger partial charge is 0.352 e. The van der Waals surface area contributed by atoms with Gasteiger partial charge in [-0.05, 0) is 31.9 Å². The summed E-state index contributed by atoms with van der Waals surface area (Å²) in [6.45, 7) is 4.55. The van der Waals surface area contributed by atoms with Crippen LogP contribution in [-0.2, 0) is 14.8 Å². The van der Waals surface area contributed by atoms with Gasteiger partial charge >= 0.3 is 0 Å². The van der Waals surface area contributed by atoms with Crippen LogP contribution in [-0.4, -0.2) is 68.1 Å². The van der Waals surface area contributed by atoms with Gasteiger partial charge in [0.25, 0.3) is 0 Å². The van der Waals surface area contributed by atoms with Crippen molar-refractivity contribution < 1.29 is 18.1 Å². The van der Waals surface area contributed by atoms with Gasteiger partial charge in [0, 0.05) is 12.2 Å². The fraction of sp³-hybridized carbons (Fsp3) is 0.684. The smallest absolute Gasteiger partial charge is 0.245 e. The summed E-state index contributed by atoms with van der Waals surface area (Å²) in [6, 6.07) is 3.58. The summed E-state index contributed by atoms with van der Waals surface area (Å²) in [5.74, 6) is 0.0235. The number of amides is 1. The van der Waals surface area contributed by atoms with Crippen molar-refractivity contribution in [3.05, 3.63) is 18.3 Å². The second-order valence-corrected chi connectivity index (χ2v) is 11.1. The van der Waals surface area contributed by atoms with E-state index in [1.807, 2.05) is 6.92 Å². The summed E-state index contributed by atoms with van der Waals surface area (Å²) in [7, 11) is -1.42. The number of hydrogen-bond donors (Lipinski definition) is 2. The number of nitrogens with zero attached hydrogens (tertiary/aromatic N) is 2. The average molecular weight is 428 g/mol. The third kappa shape index (κ3) is 5.46. The molecule has 1 saturated heterocycles. The van der Waals surface area contributed by atoms with E-state index in [-0.39, 0.29) is 22.1 Å². The van der Waals surface area contributed by atoms with E-state index in [2.05, 4.69) is 17.3 Å². The molecule has 1 saturated carbocycles. The van der Waals surface area contributed by atoms with Gasteiger partial charge in [0.15, 0.2) is 0 Å². The van der Waals surface area contributed by atoms with E-state index in [1.165, 1.54) is 46.4 Å². The average Bonchev–Trinajstić information content (AvgIpc) is 2.69. The fourth-order valence-electron chi connectivity index (χ4n) is 3.65. The first-order chi connectivity index (χ1) is 13.4. The summed E-state index contributed by atoms with van der Waals surface area (Å²) in [6.07, 6.45) is 7.14. The summed E-state index contributed by atoms with van der Waals surface area (Å²) < 4.78 is 27.1. The highest BCUT2D eigenvalue weighted by molar-refractivity contribution is 8.00. The molecule has 2 fully saturated rings. The van der Waals surface area contributed by atoms with E-state index in [9.17, 15) is 13.2 Å². The zero-order chi connectivity index (χ0) is 20.1. The number of carbonyl (C=O) groups excluding carboxylic acids is 1. The van der Waals surface area contributed by atoms with Crippen LogP contribution in [0, 0.1) is 0 Å². The van der Waals surface area contributed by atoms with E-state index in [1.54, 1.807) is 12.1 Å². The minimum atomic E-state index is -3.50. The monoisotopic (exact) mass is 427 g/mol. The molecule has 0 spiro atoms. The molecule has 0 bridgehead atoms. The van der Waals surface area contributed by atoms with Crippen LogP contribution in [0.25, 0.3) is 0 Å². The Bertz CT molecular complexity index is 756. The number of piperazine rings is 1. The van der Waals surface area contributed by atoms with Crippen LogP contribution >= 0.6 is 11.8 Å². The van der Waals surface area contributed by atoms with E-state index in [0.29, 0.717) is 18.1 Å². The number of rotatable bonds is 6. The molecule has 1 amide bonds. The Kier molecular flexibility index (Phi) is 7.36. The molecule has 28 heavy (non-hydrogen) atoms. The predicted octanol–water partition coefficient (Wildman–Crippen LogP) is 0.530. The third-order valence-electron chi connectivity index (χ3n) is 5.54. The summed E-state index contributed by atoms with van der Waals surface area (Å²) in [5, 5.41) is 3.52. The molecule has 156 valence electrons. The Hall–Kier alpha value is -1.16. The summed E-state index contributed by atoms with van der Waals surface area (Å²) >= 11 is 1.36. The van der Waals surface area contributed by atoms with E-state index in [4.69, 9.17) is 0 Å². The van der Waals surface area contributed by atoms with Crippen molar-refractivity contribution in [1.29, 1.82) is 0 Å². The number of sulfonamides is 1. The Morgan fingerprint density at radius 1 is 1.25 bits per heavy atom. The number of aromatic nitrogens is 1. The van der Waals surface area contributed by atoms with Gasteiger partial charge in [0.05, 0.1) is 43.5 Å². The molecule has 3 rings (SSSR count). The maximum Gasteiger partial charge on any atom is 0.245 e. The highest BCUT2D eigenvalue weighted by atomic mass is 32.2. The lowest BCUT2D eigenvalue weighted by Gasteiger charge is -2.29. The molecule has 0 aromatic carbocycles. The number of carbonyl (C=O) groups is 1. The van der Waals surface area contributed by atoms with Crippen LogP contribution in [0.15, 0.2) is 28.3 Å². The van der Waals surface area contributed by atoms with Crippen molar-refractivity contribution in [2.75, 3.05) is 33.2 Å². The van der Waals surface area contributed by atoms with Crippen LogP contribution in [0.4, 0.5) is 0 Å². The lowest BCUT2D eigenvalue weighted by atomic mass is 9.95. The Morgan fingerprint density at radius 2 is 1.93 bits per heavy atom. The number of pyridine rings is 1. The Balaban J connectivity index is 1.56. The van der Waals surface area contributed by atoms with Crippen molar-refractivity contribution in [1.82, 2.24) is 14.6 Å². The quantitative estimate of drug-likeness (QED) is 0.647. The van der Waals surface area contributed by atoms with E-state index in [0.717, 1.165) is 25.9 Å². The second kappa shape index (κ2) is 9.56. The van der Waals surface area contributed by atoms with Crippen LogP contribution < -0.4 is 10.2 Å². The molecule has 7 nitrogen and oxygen atoms in total. The highest BCUT2D eigenvalue weighted by Gasteiger charge is 2.29. The van der Waals surface area contributed by atoms with E-state index < -0.39 is 10.0 Å². The molecule has 0 radical (unpaired) electrons. The minimum Gasteiger partial charge on any atom is -0.352 e. The summed E-state index contributed by atoms with van der Waals surface area (Å²) in [5.41, 5.74) is 0. The van der Waals surface area contributed by atoms with Gasteiger partial charge in [-0.25, -0.2) is 13.4 Å². The number of nitrogens with one attached hydrogen (secondary N) is 2. The molecule has 0 unspecified atom stereocenters. The zero-order valence-corrected chi connectivity index (χ0v) is 18.3. The standard InChI is InChI=1S/C19H30N4O3S2/c1-15(19(24)21-16-6-4-3-5-7-16)27-18-9-8-17(14-20-18)28(25,26)23-12-10-22(2)11-13-23/h8-9,14-16H,3-7,10-13H2,1-2H3,(H,21,24)/p+1/t15-/m0/s1. The van der Waals surface area contributed by atoms with Crippen molar-refractivity contribution in [3.8, 4) is 0 Å². The topological polar surface area (TPSA) is 83.8 Å². The van der Waals surface area contributed by atoms with Crippen LogP contribution in [0.3, 0.4) is 0 Å². The van der Waals surface area contributed by atoms with Gasteiger partial charge in [0.1, 0.15) is 4.90 Å². The van der Waals surface area contributed by atoms with Gasteiger partial charge in [-0.3, -0.25) is 4.79 Å². The molecule has 2 heterocycles. The SMILES string of the molecule is C[C@H](Sc1ccc(S(=O)(=O)N2CC[NH+](C)CC2)cn1)C(=O)NC1CCCCC1. The number of likely N-dealkylation sites (N-methyl/N-ethyl adjacent to an activating group) is 1. The first-order valence-electron chi connectivity index (χ1n) is 10.1. The Labute approximate surface area is 172 Å². The van der Waals surface area contributed by atoms with Gasteiger partial charge in [0.2, 0.25) is 15.9 Å². The second-order valence-electron chi connectivity index (χ2n) is 7.80. The third-order valence-corrected chi connectivity index (χ3v) is 8.47. The molecule has 1 atom stereocenters. The van der Waals surface area contributed by atoms with Gasteiger partial charge in [-0.1, -0.05) is 31.0 Å². The van der Waals surface area contributed by atoms with E-state index >= 15 is 0 Å². The maximum atomic E-state index is 12.8. The van der Waals surface area contributed by atoms with Crippen LogP contribution in [0.1, 0.15) is 39.0 Å². The van der Waals surface area contributed by atoms with Crippen molar-refractivity contribution in [2.24, 2.45) is 0 Å². The minimum absolute atomic E-state index is 0.0235. The molecular weight excluding hydrogens is 396 g/mol. The lowest BCUT2D eigenvalue weighted by molar-refractivity contribution is -0.883. The molecular formula is C19H31N4O3S2+. The van der Waals surface area contributed by atoms with Crippen LogP contribution in [0.2, 0.25) is 0 Å². The fourth-order valence-corrected chi connectivity index (χ4v) is 5.83. The number of thioether (sulfide) groups is 1. The molecule has 1 aromatic heterocycles. The van der Waals surface area contributed by atoms with Gasteiger partial charge in [-0.2, -0.15) is 4.31 Å². The maximum absolute atomic E-state index is 12.8. The zero-order valence-electron chi connectivity index (χ0n) is 16.7. The van der Waals surface area contributed by atoms with Gasteiger partial charge < -0.3 is 10.2 Å². The van der Waals surface area contributed by atoms with Crippen molar-refractivity contribution in [3.63, 3.8) is 0 Å². The Morgan fingerprint density at radius 3 is 2.54 bits per heavy atom. The van der Waals surface area contributed by atoms with Crippen molar-refractivity contribution in [2.45, 2.75) is 60.2 Å². The first-order valence-corrected chi connectivity index (χ1v) is 12.4. The summed E-state index contributed by atoms with van der Waals surface area (Å²) in [4.78, 5) is 18.3. The first kappa shape index (κ1) is 21.5.